The minimum Gasteiger partial charge on any atom is -0.325 e. The lowest BCUT2D eigenvalue weighted by atomic mass is 9.92. The molecule has 0 saturated carbocycles. The van der Waals surface area contributed by atoms with Crippen molar-refractivity contribution in [2.75, 3.05) is 25.0 Å². The van der Waals surface area contributed by atoms with Gasteiger partial charge in [-0.2, -0.15) is 0 Å². The van der Waals surface area contributed by atoms with Crippen molar-refractivity contribution in [1.82, 2.24) is 4.90 Å². The molecule has 1 aromatic rings. The molecule has 1 N–H and O–H groups in total. The maximum absolute atomic E-state index is 12.0. The third kappa shape index (κ3) is 4.50. The SMILES string of the molecule is C[C@@H]1C[C@@H](C)CN(CCC(=O)Nc2ccccc2Cl)C1. The molecule has 1 aliphatic rings. The summed E-state index contributed by atoms with van der Waals surface area (Å²) in [4.78, 5) is 14.4. The average molecular weight is 295 g/mol. The van der Waals surface area contributed by atoms with Crippen molar-refractivity contribution in [1.29, 1.82) is 0 Å². The Hall–Kier alpha value is -1.06. The minimum atomic E-state index is 0.0315. The van der Waals surface area contributed by atoms with Crippen LogP contribution in [0.4, 0.5) is 5.69 Å². The monoisotopic (exact) mass is 294 g/mol. The second-order valence-corrected chi connectivity index (χ2v) is 6.39. The first-order chi connectivity index (χ1) is 9.54. The second-order valence-electron chi connectivity index (χ2n) is 5.98. The lowest BCUT2D eigenvalue weighted by Gasteiger charge is -2.34. The first-order valence-electron chi connectivity index (χ1n) is 7.31. The van der Waals surface area contributed by atoms with Crippen molar-refractivity contribution in [2.45, 2.75) is 26.7 Å². The number of carbonyl (C=O) groups excluding carboxylic acids is 1. The van der Waals surface area contributed by atoms with E-state index < -0.39 is 0 Å². The van der Waals surface area contributed by atoms with Crippen LogP contribution in [0.3, 0.4) is 0 Å². The van der Waals surface area contributed by atoms with E-state index in [4.69, 9.17) is 11.6 Å². The number of hydrogen-bond acceptors (Lipinski definition) is 2. The molecule has 1 saturated heterocycles. The zero-order valence-electron chi connectivity index (χ0n) is 12.2. The number of hydrogen-bond donors (Lipinski definition) is 1. The Morgan fingerprint density at radius 3 is 2.60 bits per heavy atom. The molecule has 1 aromatic carbocycles. The molecule has 1 fully saturated rings. The summed E-state index contributed by atoms with van der Waals surface area (Å²) in [6, 6.07) is 7.33. The van der Waals surface area contributed by atoms with Gasteiger partial charge in [0.1, 0.15) is 0 Å². The number of nitrogens with zero attached hydrogens (tertiary/aromatic N) is 1. The predicted octanol–water partition coefficient (Wildman–Crippen LogP) is 3.65. The molecule has 1 aliphatic heterocycles. The fourth-order valence-corrected chi connectivity index (χ4v) is 3.19. The van der Waals surface area contributed by atoms with Crippen LogP contribution in [-0.4, -0.2) is 30.4 Å². The number of halogens is 1. The molecular formula is C16H23ClN2O. The summed E-state index contributed by atoms with van der Waals surface area (Å²) in [5, 5.41) is 3.46. The Morgan fingerprint density at radius 1 is 1.30 bits per heavy atom. The summed E-state index contributed by atoms with van der Waals surface area (Å²) in [6.45, 7) is 7.59. The normalized spacial score (nSPS) is 23.6. The molecule has 0 bridgehead atoms. The molecule has 0 aromatic heterocycles. The predicted molar refractivity (Wildman–Crippen MR) is 84.1 cm³/mol. The zero-order valence-corrected chi connectivity index (χ0v) is 13.0. The van der Waals surface area contributed by atoms with Crippen LogP contribution < -0.4 is 5.32 Å². The van der Waals surface area contributed by atoms with Gasteiger partial charge in [0.15, 0.2) is 0 Å². The Kier molecular flexibility index (Phi) is 5.44. The van der Waals surface area contributed by atoms with Crippen molar-refractivity contribution in [2.24, 2.45) is 11.8 Å². The molecule has 4 heteroatoms. The van der Waals surface area contributed by atoms with Crippen LogP contribution in [0.1, 0.15) is 26.7 Å². The smallest absolute Gasteiger partial charge is 0.225 e. The van der Waals surface area contributed by atoms with Gasteiger partial charge in [0, 0.05) is 26.1 Å². The molecule has 0 unspecified atom stereocenters. The van der Waals surface area contributed by atoms with Gasteiger partial charge in [0.05, 0.1) is 10.7 Å². The molecular weight excluding hydrogens is 272 g/mol. The Balaban J connectivity index is 1.79. The van der Waals surface area contributed by atoms with Crippen molar-refractivity contribution in [3.63, 3.8) is 0 Å². The minimum absolute atomic E-state index is 0.0315. The van der Waals surface area contributed by atoms with Crippen LogP contribution in [-0.2, 0) is 4.79 Å². The van der Waals surface area contributed by atoms with Gasteiger partial charge in [-0.1, -0.05) is 37.6 Å². The van der Waals surface area contributed by atoms with E-state index in [0.717, 1.165) is 31.5 Å². The van der Waals surface area contributed by atoms with Crippen molar-refractivity contribution in [3.8, 4) is 0 Å². The standard InChI is InChI=1S/C16H23ClN2O/c1-12-9-13(2)11-19(10-12)8-7-16(20)18-15-6-4-3-5-14(15)17/h3-6,12-13H,7-11H2,1-2H3,(H,18,20)/t12-,13-/m1/s1. The molecule has 110 valence electrons. The van der Waals surface area contributed by atoms with E-state index in [-0.39, 0.29) is 5.91 Å². The van der Waals surface area contributed by atoms with Gasteiger partial charge in [-0.25, -0.2) is 0 Å². The summed E-state index contributed by atoms with van der Waals surface area (Å²) in [5.74, 6) is 1.49. The maximum atomic E-state index is 12.0. The van der Waals surface area contributed by atoms with Gasteiger partial charge in [-0.15, -0.1) is 0 Å². The Bertz CT molecular complexity index is 454. The van der Waals surface area contributed by atoms with Crippen LogP contribution >= 0.6 is 11.6 Å². The first-order valence-corrected chi connectivity index (χ1v) is 7.69. The van der Waals surface area contributed by atoms with Crippen LogP contribution in [0.15, 0.2) is 24.3 Å². The lowest BCUT2D eigenvalue weighted by molar-refractivity contribution is -0.116. The summed E-state index contributed by atoms with van der Waals surface area (Å²) >= 11 is 6.03. The van der Waals surface area contributed by atoms with Gasteiger partial charge >= 0.3 is 0 Å². The average Bonchev–Trinajstić information content (AvgIpc) is 2.38. The molecule has 0 aliphatic carbocycles. The van der Waals surface area contributed by atoms with Crippen molar-refractivity contribution >= 4 is 23.2 Å². The molecule has 3 nitrogen and oxygen atoms in total. The van der Waals surface area contributed by atoms with E-state index in [1.165, 1.54) is 6.42 Å². The highest BCUT2D eigenvalue weighted by molar-refractivity contribution is 6.33. The number of rotatable bonds is 4. The van der Waals surface area contributed by atoms with Crippen LogP contribution in [0.2, 0.25) is 5.02 Å². The number of carbonyl (C=O) groups is 1. The fraction of sp³-hybridized carbons (Fsp3) is 0.562. The van der Waals surface area contributed by atoms with E-state index in [1.807, 2.05) is 18.2 Å². The van der Waals surface area contributed by atoms with Gasteiger partial charge in [0.25, 0.3) is 0 Å². The molecule has 2 atom stereocenters. The van der Waals surface area contributed by atoms with Crippen molar-refractivity contribution < 1.29 is 4.79 Å². The van der Waals surface area contributed by atoms with Gasteiger partial charge in [-0.05, 0) is 30.4 Å². The molecule has 20 heavy (non-hydrogen) atoms. The third-order valence-corrected chi connectivity index (χ3v) is 4.08. The molecule has 2 rings (SSSR count). The number of amides is 1. The summed E-state index contributed by atoms with van der Waals surface area (Å²) in [5.41, 5.74) is 0.694. The number of piperidine rings is 1. The molecule has 1 heterocycles. The highest BCUT2D eigenvalue weighted by Gasteiger charge is 2.21. The number of para-hydroxylation sites is 1. The van der Waals surface area contributed by atoms with Crippen molar-refractivity contribution in [3.05, 3.63) is 29.3 Å². The summed E-state index contributed by atoms with van der Waals surface area (Å²) in [7, 11) is 0. The topological polar surface area (TPSA) is 32.3 Å². The molecule has 1 amide bonds. The van der Waals surface area contributed by atoms with Gasteiger partial charge in [-0.3, -0.25) is 4.79 Å². The van der Waals surface area contributed by atoms with Crippen LogP contribution in [0, 0.1) is 11.8 Å². The van der Waals surface area contributed by atoms with E-state index in [9.17, 15) is 4.79 Å². The number of nitrogens with one attached hydrogen (secondary N) is 1. The number of anilines is 1. The highest BCUT2D eigenvalue weighted by atomic mass is 35.5. The largest absolute Gasteiger partial charge is 0.325 e. The number of benzene rings is 1. The third-order valence-electron chi connectivity index (χ3n) is 3.75. The summed E-state index contributed by atoms with van der Waals surface area (Å²) in [6.07, 6.45) is 1.81. The van der Waals surface area contributed by atoms with E-state index >= 15 is 0 Å². The Labute approximate surface area is 126 Å². The summed E-state index contributed by atoms with van der Waals surface area (Å²) < 4.78 is 0. The second kappa shape index (κ2) is 7.09. The lowest BCUT2D eigenvalue weighted by Crippen LogP contribution is -2.40. The van der Waals surface area contributed by atoms with Crippen LogP contribution in [0.25, 0.3) is 0 Å². The zero-order chi connectivity index (χ0) is 14.5. The van der Waals surface area contributed by atoms with Crippen LogP contribution in [0.5, 0.6) is 0 Å². The van der Waals surface area contributed by atoms with Gasteiger partial charge < -0.3 is 10.2 Å². The van der Waals surface area contributed by atoms with Gasteiger partial charge in [0.2, 0.25) is 5.91 Å². The fourth-order valence-electron chi connectivity index (χ4n) is 3.01. The Morgan fingerprint density at radius 2 is 1.95 bits per heavy atom. The van der Waals surface area contributed by atoms with E-state index in [0.29, 0.717) is 17.1 Å². The van der Waals surface area contributed by atoms with E-state index in [1.54, 1.807) is 6.07 Å². The molecule has 0 radical (unpaired) electrons. The first kappa shape index (κ1) is 15.3. The van der Waals surface area contributed by atoms with E-state index in [2.05, 4.69) is 24.1 Å². The molecule has 0 spiro atoms. The highest BCUT2D eigenvalue weighted by Crippen LogP contribution is 2.22. The number of likely N-dealkylation sites (tertiary alicyclic amines) is 1. The maximum Gasteiger partial charge on any atom is 0.225 e. The quantitative estimate of drug-likeness (QED) is 0.919.